The number of aromatic amines is 4. The van der Waals surface area contributed by atoms with E-state index in [1.54, 1.807) is 0 Å². The number of hydrogen-bond acceptors (Lipinski definition) is 32. The third-order valence-electron chi connectivity index (χ3n) is 13.4. The second-order valence-electron chi connectivity index (χ2n) is 20.4. The summed E-state index contributed by atoms with van der Waals surface area (Å²) < 4.78 is 220. The van der Waals surface area contributed by atoms with Gasteiger partial charge in [0.05, 0.1) is 95.0 Å². The molecule has 10 rings (SSSR count). The number of benzene rings is 6. The van der Waals surface area contributed by atoms with Crippen molar-refractivity contribution in [2.45, 2.75) is 55.3 Å². The van der Waals surface area contributed by atoms with Gasteiger partial charge in [-0.1, -0.05) is 70.7 Å². The molecule has 2 unspecified atom stereocenters. The summed E-state index contributed by atoms with van der Waals surface area (Å²) in [4.78, 5) is 56.5. The Kier molecular flexibility index (Phi) is 34.8. The topological polar surface area (TPSA) is 596 Å². The number of nitrogens with zero attached hydrogens (tertiary/aromatic N) is 14. The number of azo groups is 2. The van der Waals surface area contributed by atoms with E-state index in [9.17, 15) is 87.4 Å². The normalized spacial score (nSPS) is 15.7. The second kappa shape index (κ2) is 38.6. The molecule has 2 aliphatic heterocycles. The van der Waals surface area contributed by atoms with Crippen molar-refractivity contribution < 1.29 is 265 Å². The van der Waals surface area contributed by atoms with Crippen LogP contribution in [0.1, 0.15) is 25.0 Å². The van der Waals surface area contributed by atoms with E-state index in [0.717, 1.165) is 84.9 Å². The van der Waals surface area contributed by atoms with Gasteiger partial charge in [0.2, 0.25) is 33.0 Å². The number of anilines is 2. The van der Waals surface area contributed by atoms with E-state index in [2.05, 4.69) is 80.5 Å². The van der Waals surface area contributed by atoms with Gasteiger partial charge >= 0.3 is 177 Å². The molecule has 0 radical (unpaired) electrons. The largest absolute Gasteiger partial charge is 1.00 e. The Morgan fingerprint density at radius 3 is 1.01 bits per heavy atom. The van der Waals surface area contributed by atoms with E-state index in [1.165, 1.54) is 26.0 Å². The van der Waals surface area contributed by atoms with Crippen molar-refractivity contribution in [3.8, 4) is 0 Å². The first-order valence-corrected chi connectivity index (χ1v) is 37.6. The Labute approximate surface area is 771 Å². The van der Waals surface area contributed by atoms with Gasteiger partial charge in [0.15, 0.2) is 12.1 Å². The number of hydrazone groups is 2. The summed E-state index contributed by atoms with van der Waals surface area (Å²) in [5.41, 5.74) is -5.06. The minimum Gasteiger partial charge on any atom is -0.744 e. The molecule has 532 valence electrons. The number of rotatable bonds is 18. The monoisotopic (exact) mass is 1770 g/mol. The summed E-state index contributed by atoms with van der Waals surface area (Å²) in [6, 6.07) is 11.6. The number of H-pyrrole nitrogens is 4. The molecular formula is C52H30Cl6N18Na6O20S6. The van der Waals surface area contributed by atoms with E-state index >= 15 is 0 Å². The Hall–Kier alpha value is -3.04. The molecule has 0 fully saturated rings. The first-order chi connectivity index (χ1) is 47.4. The van der Waals surface area contributed by atoms with Gasteiger partial charge in [0, 0.05) is 0 Å². The van der Waals surface area contributed by atoms with Crippen LogP contribution >= 0.6 is 69.6 Å². The van der Waals surface area contributed by atoms with Crippen LogP contribution in [0.15, 0.2) is 177 Å². The minimum absolute atomic E-state index is 0. The number of carbonyl (C=O) groups is 2. The molecule has 0 saturated heterocycles. The molecule has 4 heterocycles. The van der Waals surface area contributed by atoms with Crippen molar-refractivity contribution in [1.82, 2.24) is 29.9 Å². The molecular weight excluding hydrogens is 1740 g/mol. The number of nitrogens with one attached hydrogen (secondary N) is 4. The minimum atomic E-state index is -5.41. The first-order valence-electron chi connectivity index (χ1n) is 26.9. The van der Waals surface area contributed by atoms with Crippen LogP contribution in [-0.2, 0) is 70.3 Å². The van der Waals surface area contributed by atoms with E-state index in [0.29, 0.717) is 22.2 Å². The average molecular weight is 1770 g/mol. The molecule has 0 aliphatic carbocycles. The van der Waals surface area contributed by atoms with Gasteiger partial charge < -0.3 is 37.3 Å². The molecule has 0 saturated carbocycles. The smallest absolute Gasteiger partial charge is 0.744 e. The van der Waals surface area contributed by atoms with Gasteiger partial charge in [-0.3, -0.25) is 19.6 Å². The molecule has 108 heavy (non-hydrogen) atoms. The Bertz CT molecular complexity index is 5850. The fraction of sp³-hybridized carbons (Fsp3) is 0.0769. The maximum atomic E-state index is 13.5. The average Bonchev–Trinajstić information content (AvgIpc) is 1.56. The van der Waals surface area contributed by atoms with Crippen LogP contribution in [0.5, 0.6) is 0 Å². The van der Waals surface area contributed by atoms with E-state index in [1.807, 2.05) is 0 Å². The van der Waals surface area contributed by atoms with Crippen LogP contribution in [-0.4, -0.2) is 143 Å². The number of amides is 2. The van der Waals surface area contributed by atoms with Crippen molar-refractivity contribution >= 4 is 211 Å². The maximum Gasteiger partial charge on any atom is 1.00 e. The van der Waals surface area contributed by atoms with Crippen LogP contribution in [0.25, 0.3) is 12.2 Å². The van der Waals surface area contributed by atoms with Crippen LogP contribution in [0.2, 0.25) is 30.7 Å². The predicted molar refractivity (Wildman–Crippen MR) is 350 cm³/mol. The van der Waals surface area contributed by atoms with Crippen LogP contribution in [0.4, 0.5) is 45.5 Å². The fourth-order valence-corrected chi connectivity index (χ4v) is 14.5. The molecule has 2 aromatic heterocycles. The Balaban J connectivity index is 0.00000411. The van der Waals surface area contributed by atoms with Crippen molar-refractivity contribution in [2.75, 3.05) is 10.0 Å². The van der Waals surface area contributed by atoms with E-state index < -0.39 is 167 Å². The van der Waals surface area contributed by atoms with Gasteiger partial charge in [0.1, 0.15) is 72.1 Å². The molecule has 6 aromatic carbocycles. The van der Waals surface area contributed by atoms with Crippen LogP contribution in [0, 0.1) is 0 Å². The summed E-state index contributed by atoms with van der Waals surface area (Å²) in [7, 11) is -31.6. The maximum absolute atomic E-state index is 13.5. The summed E-state index contributed by atoms with van der Waals surface area (Å²) in [6.45, 7) is 2.61. The number of halogens is 6. The first kappa shape index (κ1) is 97.3. The van der Waals surface area contributed by atoms with Crippen LogP contribution in [0.3, 0.4) is 0 Å². The second-order valence-corrected chi connectivity index (χ2v) is 30.8. The molecule has 56 heteroatoms. The van der Waals surface area contributed by atoms with E-state index in [-0.39, 0.29) is 245 Å². The molecule has 4 N–H and O–H groups in total. The summed E-state index contributed by atoms with van der Waals surface area (Å²) in [5.74, 6) is -1.95. The van der Waals surface area contributed by atoms with Gasteiger partial charge in [-0.2, -0.15) is 50.6 Å². The SMILES string of the molecule is CC1=NN(c2cc(Cl)c(S(=O)(=O)[O-])cc2Cl)C(=O)C1N=Nc1cc(N=c2nc(Cl)[nH]c(=Nc3ccc(C=Cc4ccc(N=c5[nH]c(Cl)nc(=Nc6ccc(S(=O)(=O)[O-])c(N=NC7C(=O)N(c8cc(Cl)c(S(=O)(=O)[O-])cc8Cl)N=C7C)c6)[nH]5)cc4S(=O)(=O)[O-])c(S(=O)(=O)[O-])c3)[nH]2)ccc1S(=O)(=O)[O-].[Na+].[Na+].[Na+].[Na+].[Na+].[Na+]. The zero-order valence-electron chi connectivity index (χ0n) is 55.7. The van der Waals surface area contributed by atoms with Gasteiger partial charge in [-0.15, -0.1) is 0 Å². The number of aromatic nitrogens is 6. The predicted octanol–water partition coefficient (Wildman–Crippen LogP) is -12.0. The molecule has 2 amide bonds. The molecule has 2 aliphatic rings. The third kappa shape index (κ3) is 23.8. The summed E-state index contributed by atoms with van der Waals surface area (Å²) >= 11 is 36.8. The zero-order valence-corrected chi connectivity index (χ0v) is 77.1. The number of hydrogen-bond donors (Lipinski definition) is 4. The fourth-order valence-electron chi connectivity index (χ4n) is 9.00. The van der Waals surface area contributed by atoms with Crippen molar-refractivity contribution in [1.29, 1.82) is 0 Å². The summed E-state index contributed by atoms with van der Waals surface area (Å²) in [6.07, 6.45) is 1.96. The van der Waals surface area contributed by atoms with Gasteiger partial charge in [0.25, 0.3) is 11.8 Å². The van der Waals surface area contributed by atoms with E-state index in [4.69, 9.17) is 69.6 Å². The van der Waals surface area contributed by atoms with Gasteiger partial charge in [-0.05, 0) is 133 Å². The van der Waals surface area contributed by atoms with Crippen molar-refractivity contribution in [2.24, 2.45) is 50.6 Å². The van der Waals surface area contributed by atoms with Gasteiger partial charge in [-0.25, -0.2) is 70.5 Å². The molecule has 38 nitrogen and oxygen atoms in total. The van der Waals surface area contributed by atoms with Crippen LogP contribution < -0.4 is 210 Å². The molecule has 8 aromatic rings. The standard InChI is InChI=1S/C52H36Cl6N18O20S6.6Na/c1-21-43(45(77)75(73-21)35-17-31(55)41(19-29(35)53)101(91,92)93)71-69-33-13-25(9-11-37(33)97(79,80)81)59-49-63-47(57)65-51(67-49)61-27-7-5-23(39(15-27)99(85,86)87)3-4-24-6-8-28(16-40(24)100(88,89)90)62-52-66-48(58)64-50(68-52)60-26-10-12-38(98(82,83)84)34(14-26)70-72-44-22(2)74-76(46(44)78)36-18-32(56)42(20-30(36)54)102(94,95)96;;;;;;/h3-20,43-44H,1-2H3,(H,79,80,81)(H,82,83,84)(H,85,86,87)(H,88,89,90)(H,91,92,93)(H,94,95,96)(H2,59,61,63,65,67)(H2,60,62,64,66,68);;;;;;/q;6*+1/p-6. The third-order valence-corrected chi connectivity index (χ3v) is 20.5. The molecule has 0 bridgehead atoms. The zero-order chi connectivity index (χ0) is 74.7. The van der Waals surface area contributed by atoms with Crippen molar-refractivity contribution in [3.05, 3.63) is 161 Å². The quantitative estimate of drug-likeness (QED) is 0.0268. The molecule has 0 spiro atoms. The van der Waals surface area contributed by atoms with Crippen molar-refractivity contribution in [3.63, 3.8) is 0 Å². The number of carbonyl (C=O) groups excluding carboxylic acids is 2. The Morgan fingerprint density at radius 1 is 0.389 bits per heavy atom. The summed E-state index contributed by atoms with van der Waals surface area (Å²) in [5, 5.41) is 21.9. The molecule has 2 atom stereocenters. The Morgan fingerprint density at radius 2 is 0.694 bits per heavy atom.